The molecule has 0 heterocycles. The lowest BCUT2D eigenvalue weighted by Gasteiger charge is -2.20. The maximum absolute atomic E-state index is 13.3. The van der Waals surface area contributed by atoms with Crippen LogP contribution in [-0.4, -0.2) is 11.9 Å². The van der Waals surface area contributed by atoms with Crippen LogP contribution in [-0.2, 0) is 4.79 Å². The minimum atomic E-state index is -0.539. The van der Waals surface area contributed by atoms with Crippen LogP contribution in [0.3, 0.4) is 0 Å². The average molecular weight is 319 g/mol. The van der Waals surface area contributed by atoms with Gasteiger partial charge in [-0.05, 0) is 36.6 Å². The average Bonchev–Trinajstić information content (AvgIpc) is 3.33. The van der Waals surface area contributed by atoms with Crippen LogP contribution in [0.5, 0.6) is 0 Å². The van der Waals surface area contributed by atoms with Crippen LogP contribution in [0.1, 0.15) is 24.4 Å². The summed E-state index contributed by atoms with van der Waals surface area (Å²) >= 11 is 5.80. The van der Waals surface area contributed by atoms with E-state index < -0.39 is 11.9 Å². The fourth-order valence-corrected chi connectivity index (χ4v) is 2.39. The minimum absolute atomic E-state index is 0.0272. The second-order valence-electron chi connectivity index (χ2n) is 5.40. The monoisotopic (exact) mass is 318 g/mol. The Bertz CT molecular complexity index is 674. The second-order valence-corrected chi connectivity index (χ2v) is 5.81. The first kappa shape index (κ1) is 14.9. The molecule has 0 aromatic heterocycles. The predicted molar refractivity (Wildman–Crippen MR) is 85.4 cm³/mol. The summed E-state index contributed by atoms with van der Waals surface area (Å²) in [5.41, 5.74) is 1.45. The van der Waals surface area contributed by atoms with Crippen molar-refractivity contribution in [1.82, 2.24) is 5.32 Å². The minimum Gasteiger partial charge on any atom is -0.370 e. The molecule has 0 saturated heterocycles. The highest BCUT2D eigenvalue weighted by atomic mass is 35.5. The van der Waals surface area contributed by atoms with Crippen molar-refractivity contribution in [3.8, 4) is 0 Å². The Hall–Kier alpha value is -2.07. The topological polar surface area (TPSA) is 41.1 Å². The largest absolute Gasteiger partial charge is 0.370 e. The van der Waals surface area contributed by atoms with E-state index in [2.05, 4.69) is 10.6 Å². The third-order valence-corrected chi connectivity index (χ3v) is 3.84. The molecule has 5 heteroatoms. The number of hydrogen-bond acceptors (Lipinski definition) is 2. The number of halogens is 2. The number of hydrogen-bond donors (Lipinski definition) is 2. The first-order chi connectivity index (χ1) is 10.6. The van der Waals surface area contributed by atoms with E-state index in [0.717, 1.165) is 18.4 Å². The van der Waals surface area contributed by atoms with E-state index in [1.165, 1.54) is 12.1 Å². The zero-order valence-corrected chi connectivity index (χ0v) is 12.6. The molecule has 0 radical (unpaired) electrons. The van der Waals surface area contributed by atoms with Gasteiger partial charge in [-0.3, -0.25) is 4.79 Å². The van der Waals surface area contributed by atoms with Crippen molar-refractivity contribution in [3.05, 3.63) is 64.9 Å². The molecule has 1 aliphatic rings. The smallest absolute Gasteiger partial charge is 0.247 e. The van der Waals surface area contributed by atoms with Crippen LogP contribution in [0.25, 0.3) is 0 Å². The van der Waals surface area contributed by atoms with Gasteiger partial charge in [-0.1, -0.05) is 41.9 Å². The molecular formula is C17H16ClFN2O. The number of carbonyl (C=O) groups excluding carboxylic acids is 1. The number of anilines is 1. The van der Waals surface area contributed by atoms with Crippen molar-refractivity contribution in [2.45, 2.75) is 24.9 Å². The van der Waals surface area contributed by atoms with Gasteiger partial charge >= 0.3 is 0 Å². The zero-order chi connectivity index (χ0) is 15.5. The first-order valence-corrected chi connectivity index (χ1v) is 7.58. The SMILES string of the molecule is O=C(NC1CC1)C(Nc1ccc(F)c(Cl)c1)c1ccccc1. The van der Waals surface area contributed by atoms with Crippen LogP contribution in [0.4, 0.5) is 10.1 Å². The van der Waals surface area contributed by atoms with E-state index in [1.807, 2.05) is 30.3 Å². The van der Waals surface area contributed by atoms with Crippen molar-refractivity contribution in [3.63, 3.8) is 0 Å². The van der Waals surface area contributed by atoms with Crippen LogP contribution in [0, 0.1) is 5.82 Å². The van der Waals surface area contributed by atoms with Gasteiger partial charge in [-0.25, -0.2) is 4.39 Å². The fraction of sp³-hybridized carbons (Fsp3) is 0.235. The van der Waals surface area contributed by atoms with Gasteiger partial charge in [0.25, 0.3) is 0 Å². The van der Waals surface area contributed by atoms with Gasteiger partial charge in [0, 0.05) is 11.7 Å². The van der Waals surface area contributed by atoms with E-state index in [4.69, 9.17) is 11.6 Å². The van der Waals surface area contributed by atoms with E-state index >= 15 is 0 Å². The number of benzene rings is 2. The normalized spacial score (nSPS) is 15.2. The van der Waals surface area contributed by atoms with Crippen LogP contribution in [0.2, 0.25) is 5.02 Å². The number of rotatable bonds is 5. The Labute approximate surface area is 133 Å². The molecule has 1 atom stereocenters. The van der Waals surface area contributed by atoms with E-state index in [9.17, 15) is 9.18 Å². The summed E-state index contributed by atoms with van der Waals surface area (Å²) in [6.07, 6.45) is 2.05. The Morgan fingerprint density at radius 2 is 1.91 bits per heavy atom. The van der Waals surface area contributed by atoms with Crippen molar-refractivity contribution >= 4 is 23.2 Å². The van der Waals surface area contributed by atoms with Gasteiger partial charge in [0.05, 0.1) is 5.02 Å². The number of carbonyl (C=O) groups is 1. The molecule has 0 aliphatic heterocycles. The van der Waals surface area contributed by atoms with Gasteiger partial charge in [0.15, 0.2) is 0 Å². The Morgan fingerprint density at radius 3 is 2.55 bits per heavy atom. The molecule has 0 bridgehead atoms. The van der Waals surface area contributed by atoms with Crippen molar-refractivity contribution in [2.75, 3.05) is 5.32 Å². The molecule has 2 aromatic rings. The molecule has 22 heavy (non-hydrogen) atoms. The molecule has 1 amide bonds. The van der Waals surface area contributed by atoms with Gasteiger partial charge in [0.2, 0.25) is 5.91 Å². The summed E-state index contributed by atoms with van der Waals surface area (Å²) < 4.78 is 13.3. The van der Waals surface area contributed by atoms with Crippen LogP contribution in [0.15, 0.2) is 48.5 Å². The van der Waals surface area contributed by atoms with Gasteiger partial charge in [-0.2, -0.15) is 0 Å². The van der Waals surface area contributed by atoms with E-state index in [-0.39, 0.29) is 17.0 Å². The van der Waals surface area contributed by atoms with E-state index in [1.54, 1.807) is 6.07 Å². The highest BCUT2D eigenvalue weighted by Gasteiger charge is 2.28. The quantitative estimate of drug-likeness (QED) is 0.877. The lowest BCUT2D eigenvalue weighted by atomic mass is 10.1. The Kier molecular flexibility index (Phi) is 4.29. The maximum Gasteiger partial charge on any atom is 0.247 e. The van der Waals surface area contributed by atoms with E-state index in [0.29, 0.717) is 5.69 Å². The fourth-order valence-electron chi connectivity index (χ4n) is 2.21. The summed E-state index contributed by atoms with van der Waals surface area (Å²) in [6, 6.07) is 13.5. The summed E-state index contributed by atoms with van der Waals surface area (Å²) in [4.78, 5) is 12.5. The molecule has 114 valence electrons. The molecule has 2 aromatic carbocycles. The van der Waals surface area contributed by atoms with Crippen molar-refractivity contribution < 1.29 is 9.18 Å². The molecule has 3 nitrogen and oxygen atoms in total. The lowest BCUT2D eigenvalue weighted by molar-refractivity contribution is -0.122. The molecular weight excluding hydrogens is 303 g/mol. The Balaban J connectivity index is 1.83. The summed E-state index contributed by atoms with van der Waals surface area (Å²) in [7, 11) is 0. The number of amides is 1. The van der Waals surface area contributed by atoms with Gasteiger partial charge in [-0.15, -0.1) is 0 Å². The van der Waals surface area contributed by atoms with Gasteiger partial charge < -0.3 is 10.6 Å². The second kappa shape index (κ2) is 6.36. The van der Waals surface area contributed by atoms with Crippen molar-refractivity contribution in [2.24, 2.45) is 0 Å². The summed E-state index contributed by atoms with van der Waals surface area (Å²) in [6.45, 7) is 0. The molecule has 0 spiro atoms. The Morgan fingerprint density at radius 1 is 1.18 bits per heavy atom. The van der Waals surface area contributed by atoms with Crippen LogP contribution >= 0.6 is 11.6 Å². The highest BCUT2D eigenvalue weighted by molar-refractivity contribution is 6.31. The zero-order valence-electron chi connectivity index (χ0n) is 11.9. The maximum atomic E-state index is 13.3. The standard InChI is InChI=1S/C17H16ClFN2O/c18-14-10-13(8-9-15(14)19)20-16(11-4-2-1-3-5-11)17(22)21-12-6-7-12/h1-5,8-10,12,16,20H,6-7H2,(H,21,22). The third kappa shape index (κ3) is 3.57. The molecule has 3 rings (SSSR count). The van der Waals surface area contributed by atoms with Crippen molar-refractivity contribution in [1.29, 1.82) is 0 Å². The number of nitrogens with one attached hydrogen (secondary N) is 2. The third-order valence-electron chi connectivity index (χ3n) is 3.55. The highest BCUT2D eigenvalue weighted by Crippen LogP contribution is 2.26. The van der Waals surface area contributed by atoms with Gasteiger partial charge in [0.1, 0.15) is 11.9 Å². The molecule has 1 aliphatic carbocycles. The summed E-state index contributed by atoms with van der Waals surface area (Å²) in [5, 5.41) is 6.15. The molecule has 1 unspecified atom stereocenters. The predicted octanol–water partition coefficient (Wildman–Crippen LogP) is 3.91. The first-order valence-electron chi connectivity index (χ1n) is 7.20. The lowest BCUT2D eigenvalue weighted by Crippen LogP contribution is -2.34. The van der Waals surface area contributed by atoms with Crippen LogP contribution < -0.4 is 10.6 Å². The molecule has 1 saturated carbocycles. The molecule has 1 fully saturated rings. The summed E-state index contributed by atoms with van der Waals surface area (Å²) in [5.74, 6) is -0.569. The molecule has 2 N–H and O–H groups in total.